The minimum atomic E-state index is -4.58. The summed E-state index contributed by atoms with van der Waals surface area (Å²) in [6.45, 7) is 7.51. The highest BCUT2D eigenvalue weighted by Gasteiger charge is 2.35. The van der Waals surface area contributed by atoms with Crippen LogP contribution >= 0.6 is 0 Å². The van der Waals surface area contributed by atoms with Crippen molar-refractivity contribution in [2.75, 3.05) is 76.3 Å². The summed E-state index contributed by atoms with van der Waals surface area (Å²) in [6, 6.07) is 27.2. The Morgan fingerprint density at radius 2 is 1.39 bits per heavy atom. The van der Waals surface area contributed by atoms with Crippen LogP contribution in [0.4, 0.5) is 24.5 Å². The second kappa shape index (κ2) is 18.5. The molecule has 1 unspecified atom stereocenters. The first kappa shape index (κ1) is 41.0. The van der Waals surface area contributed by atoms with Crippen LogP contribution in [0, 0.1) is 0 Å². The maximum absolute atomic E-state index is 14.7. The summed E-state index contributed by atoms with van der Waals surface area (Å²) < 4.78 is 39.5. The molecule has 2 aliphatic rings. The van der Waals surface area contributed by atoms with Crippen LogP contribution in [-0.2, 0) is 40.1 Å². The largest absolute Gasteiger partial charge is 0.433 e. The minimum absolute atomic E-state index is 0.0610. The molecule has 0 N–H and O–H groups in total. The van der Waals surface area contributed by atoms with Crippen molar-refractivity contribution in [2.24, 2.45) is 0 Å². The number of benzene rings is 3. The molecule has 3 aromatic carbocycles. The Morgan fingerprint density at radius 3 is 1.96 bits per heavy atom. The second-order valence-corrected chi connectivity index (χ2v) is 14.8. The number of carbonyl (C=O) groups excluding carboxylic acids is 3. The van der Waals surface area contributed by atoms with Crippen molar-refractivity contribution in [2.45, 2.75) is 38.7 Å². The predicted molar refractivity (Wildman–Crippen MR) is 216 cm³/mol. The fourth-order valence-corrected chi connectivity index (χ4v) is 7.23. The lowest BCUT2D eigenvalue weighted by Crippen LogP contribution is -2.56. The monoisotopic (exact) mass is 781 g/mol. The fraction of sp³-hybridized carbons (Fsp3) is 0.364. The number of pyridine rings is 1. The van der Waals surface area contributed by atoms with Gasteiger partial charge in [-0.3, -0.25) is 24.3 Å². The molecule has 2 aliphatic heterocycles. The summed E-state index contributed by atoms with van der Waals surface area (Å²) in [6.07, 6.45) is -0.494. The number of amides is 3. The lowest BCUT2D eigenvalue weighted by Gasteiger charge is -2.39. The van der Waals surface area contributed by atoms with Crippen LogP contribution in [-0.4, -0.2) is 115 Å². The molecule has 13 heteroatoms. The van der Waals surface area contributed by atoms with Crippen LogP contribution in [0.25, 0.3) is 6.08 Å². The van der Waals surface area contributed by atoms with Crippen molar-refractivity contribution in [1.29, 1.82) is 0 Å². The van der Waals surface area contributed by atoms with Gasteiger partial charge in [-0.1, -0.05) is 60.7 Å². The maximum Gasteiger partial charge on any atom is 0.433 e. The molecular formula is C44H50F3N7O3. The summed E-state index contributed by atoms with van der Waals surface area (Å²) in [5, 5.41) is 0. The van der Waals surface area contributed by atoms with Crippen LogP contribution < -0.4 is 9.80 Å². The van der Waals surface area contributed by atoms with E-state index in [9.17, 15) is 27.6 Å². The molecule has 57 heavy (non-hydrogen) atoms. The number of hydrogen-bond acceptors (Lipinski definition) is 7. The second-order valence-electron chi connectivity index (χ2n) is 14.8. The van der Waals surface area contributed by atoms with Gasteiger partial charge < -0.3 is 24.5 Å². The third-order valence-electron chi connectivity index (χ3n) is 10.6. The van der Waals surface area contributed by atoms with E-state index in [1.54, 1.807) is 11.8 Å². The van der Waals surface area contributed by atoms with Gasteiger partial charge in [-0.2, -0.15) is 13.2 Å². The Hall–Kier alpha value is -5.69. The maximum atomic E-state index is 14.7. The Morgan fingerprint density at radius 1 is 0.754 bits per heavy atom. The zero-order valence-corrected chi connectivity index (χ0v) is 32.7. The van der Waals surface area contributed by atoms with Gasteiger partial charge in [0.25, 0.3) is 0 Å². The van der Waals surface area contributed by atoms with Gasteiger partial charge in [-0.05, 0) is 58.7 Å². The van der Waals surface area contributed by atoms with Gasteiger partial charge in [0, 0.05) is 117 Å². The van der Waals surface area contributed by atoms with Crippen molar-refractivity contribution in [3.8, 4) is 0 Å². The first-order chi connectivity index (χ1) is 27.3. The van der Waals surface area contributed by atoms with Gasteiger partial charge >= 0.3 is 6.18 Å². The van der Waals surface area contributed by atoms with Crippen LogP contribution in [0.15, 0.2) is 103 Å². The number of aromatic nitrogens is 1. The molecule has 6 rings (SSSR count). The van der Waals surface area contributed by atoms with Crippen LogP contribution in [0.1, 0.15) is 34.9 Å². The standard InChI is InChI=1S/C44H50F3N7O3/c1-33(55)51-25-27-52(28-26-51)39-17-11-37(12-18-39)32-54(42(56)20-14-35-13-19-41(48-30-35)44(45,46)47)40(29-34-7-5-4-6-8-34)43(57)53-23-21-50(22-24-53)31-36-9-15-38(16-10-36)49(2)3/h4-20,30,40H,21-29,31-32H2,1-3H3. The molecule has 3 amide bonds. The predicted octanol–water partition coefficient (Wildman–Crippen LogP) is 5.83. The molecule has 1 aromatic heterocycles. The molecule has 0 spiro atoms. The smallest absolute Gasteiger partial charge is 0.378 e. The van der Waals surface area contributed by atoms with Gasteiger partial charge in [-0.15, -0.1) is 0 Å². The average Bonchev–Trinajstić information content (AvgIpc) is 3.22. The zero-order valence-electron chi connectivity index (χ0n) is 32.7. The summed E-state index contributed by atoms with van der Waals surface area (Å²) in [4.78, 5) is 56.2. The topological polar surface area (TPSA) is 83.5 Å². The molecule has 3 heterocycles. The Kier molecular flexibility index (Phi) is 13.3. The van der Waals surface area contributed by atoms with E-state index < -0.39 is 23.8 Å². The lowest BCUT2D eigenvalue weighted by molar-refractivity contribution is -0.145. The minimum Gasteiger partial charge on any atom is -0.378 e. The molecule has 4 aromatic rings. The summed E-state index contributed by atoms with van der Waals surface area (Å²) >= 11 is 0. The van der Waals surface area contributed by atoms with Crippen LogP contribution in [0.3, 0.4) is 0 Å². The van der Waals surface area contributed by atoms with E-state index >= 15 is 0 Å². The van der Waals surface area contributed by atoms with E-state index in [1.807, 2.05) is 78.5 Å². The van der Waals surface area contributed by atoms with Gasteiger partial charge in [-0.25, -0.2) is 0 Å². The number of carbonyl (C=O) groups is 3. The fourth-order valence-electron chi connectivity index (χ4n) is 7.23. The number of rotatable bonds is 12. The van der Waals surface area contributed by atoms with E-state index in [0.717, 1.165) is 41.3 Å². The molecule has 10 nitrogen and oxygen atoms in total. The molecule has 0 radical (unpaired) electrons. The van der Waals surface area contributed by atoms with E-state index in [1.165, 1.54) is 23.8 Å². The Bertz CT molecular complexity index is 1970. The lowest BCUT2D eigenvalue weighted by atomic mass is 10.0. The van der Waals surface area contributed by atoms with E-state index in [2.05, 4.69) is 43.9 Å². The summed E-state index contributed by atoms with van der Waals surface area (Å²) in [5.74, 6) is -0.550. The molecule has 300 valence electrons. The van der Waals surface area contributed by atoms with Crippen molar-refractivity contribution >= 4 is 35.2 Å². The molecule has 0 saturated carbocycles. The Balaban J connectivity index is 1.24. The molecule has 2 fully saturated rings. The number of piperazine rings is 2. The molecule has 1 atom stereocenters. The van der Waals surface area contributed by atoms with Gasteiger partial charge in [0.1, 0.15) is 11.7 Å². The first-order valence-corrected chi connectivity index (χ1v) is 19.3. The normalized spacial score (nSPS) is 15.8. The number of nitrogens with zero attached hydrogens (tertiary/aromatic N) is 7. The van der Waals surface area contributed by atoms with Gasteiger partial charge in [0.2, 0.25) is 17.7 Å². The molecule has 0 aliphatic carbocycles. The highest BCUT2D eigenvalue weighted by atomic mass is 19.4. The van der Waals surface area contributed by atoms with Gasteiger partial charge in [0.05, 0.1) is 0 Å². The zero-order chi connectivity index (χ0) is 40.5. The van der Waals surface area contributed by atoms with Crippen molar-refractivity contribution in [1.82, 2.24) is 24.6 Å². The van der Waals surface area contributed by atoms with Gasteiger partial charge in [0.15, 0.2) is 0 Å². The highest BCUT2D eigenvalue weighted by molar-refractivity contribution is 5.95. The highest BCUT2D eigenvalue weighted by Crippen LogP contribution is 2.28. The first-order valence-electron chi connectivity index (χ1n) is 19.3. The van der Waals surface area contributed by atoms with Crippen LogP contribution in [0.2, 0.25) is 0 Å². The number of hydrogen-bond donors (Lipinski definition) is 0. The van der Waals surface area contributed by atoms with E-state index in [-0.39, 0.29) is 24.8 Å². The van der Waals surface area contributed by atoms with Crippen molar-refractivity contribution in [3.05, 3.63) is 131 Å². The molecule has 0 bridgehead atoms. The summed E-state index contributed by atoms with van der Waals surface area (Å²) in [7, 11) is 4.02. The third kappa shape index (κ3) is 11.0. The third-order valence-corrected chi connectivity index (χ3v) is 10.6. The number of anilines is 2. The summed E-state index contributed by atoms with van der Waals surface area (Å²) in [5.41, 5.74) is 4.33. The van der Waals surface area contributed by atoms with E-state index in [4.69, 9.17) is 0 Å². The van der Waals surface area contributed by atoms with Crippen LogP contribution in [0.5, 0.6) is 0 Å². The van der Waals surface area contributed by atoms with Crippen molar-refractivity contribution < 1.29 is 27.6 Å². The number of alkyl halides is 3. The molecular weight excluding hydrogens is 732 g/mol. The Labute approximate surface area is 332 Å². The van der Waals surface area contributed by atoms with E-state index in [0.29, 0.717) is 57.9 Å². The average molecular weight is 782 g/mol. The van der Waals surface area contributed by atoms with Crippen molar-refractivity contribution in [3.63, 3.8) is 0 Å². The molecule has 2 saturated heterocycles. The number of halogens is 3. The SMILES string of the molecule is CC(=O)N1CCN(c2ccc(CN(C(=O)C=Cc3ccc(C(F)(F)F)nc3)C(Cc3ccccc3)C(=O)N3CCN(Cc4ccc(N(C)C)cc4)CC3)cc2)CC1. The quantitative estimate of drug-likeness (QED) is 0.167.